The van der Waals surface area contributed by atoms with Crippen LogP contribution in [0.15, 0.2) is 34.8 Å². The van der Waals surface area contributed by atoms with E-state index in [0.29, 0.717) is 0 Å². The van der Waals surface area contributed by atoms with Gasteiger partial charge in [0.1, 0.15) is 10.6 Å². The lowest BCUT2D eigenvalue weighted by Gasteiger charge is -2.10. The van der Waals surface area contributed by atoms with Crippen molar-refractivity contribution in [3.05, 3.63) is 50.8 Å². The standard InChI is InChI=1S/C11H11N3O2S/c1-7(11-13-4-5-17-11)14-10(16)8-6-12-3-2-9(8)15/h2-7H,1H3,(H,12,15)(H,14,16). The van der Waals surface area contributed by atoms with Crippen molar-refractivity contribution in [2.45, 2.75) is 13.0 Å². The molecule has 1 unspecified atom stereocenters. The molecule has 0 aliphatic rings. The van der Waals surface area contributed by atoms with Crippen molar-refractivity contribution in [3.63, 3.8) is 0 Å². The molecular weight excluding hydrogens is 238 g/mol. The summed E-state index contributed by atoms with van der Waals surface area (Å²) in [6, 6.07) is 1.12. The number of nitrogens with zero attached hydrogens (tertiary/aromatic N) is 1. The van der Waals surface area contributed by atoms with Crippen molar-refractivity contribution in [3.8, 4) is 0 Å². The lowest BCUT2D eigenvalue weighted by molar-refractivity contribution is 0.0938. The van der Waals surface area contributed by atoms with Gasteiger partial charge >= 0.3 is 0 Å². The summed E-state index contributed by atoms with van der Waals surface area (Å²) in [6.07, 6.45) is 4.56. The third kappa shape index (κ3) is 2.59. The highest BCUT2D eigenvalue weighted by Gasteiger charge is 2.14. The second-order valence-electron chi connectivity index (χ2n) is 3.49. The van der Waals surface area contributed by atoms with Gasteiger partial charge in [-0.3, -0.25) is 9.59 Å². The highest BCUT2D eigenvalue weighted by Crippen LogP contribution is 2.14. The first-order valence-electron chi connectivity index (χ1n) is 5.06. The molecule has 0 radical (unpaired) electrons. The van der Waals surface area contributed by atoms with Gasteiger partial charge in [0.2, 0.25) is 0 Å². The Morgan fingerprint density at radius 2 is 2.41 bits per heavy atom. The molecule has 0 saturated carbocycles. The summed E-state index contributed by atoms with van der Waals surface area (Å²) < 4.78 is 0. The number of hydrogen-bond donors (Lipinski definition) is 2. The first-order chi connectivity index (χ1) is 8.18. The largest absolute Gasteiger partial charge is 0.367 e. The van der Waals surface area contributed by atoms with Crippen LogP contribution in [0.5, 0.6) is 0 Å². The summed E-state index contributed by atoms with van der Waals surface area (Å²) >= 11 is 1.46. The fraction of sp³-hybridized carbons (Fsp3) is 0.182. The minimum atomic E-state index is -0.394. The van der Waals surface area contributed by atoms with Gasteiger partial charge in [0.05, 0.1) is 6.04 Å². The zero-order valence-electron chi connectivity index (χ0n) is 9.14. The second-order valence-corrected chi connectivity index (χ2v) is 4.41. The second kappa shape index (κ2) is 4.92. The quantitative estimate of drug-likeness (QED) is 0.861. The molecule has 0 aromatic carbocycles. The maximum atomic E-state index is 11.8. The topological polar surface area (TPSA) is 74.8 Å². The maximum absolute atomic E-state index is 11.8. The Morgan fingerprint density at radius 3 is 3.06 bits per heavy atom. The predicted octanol–water partition coefficient (Wildman–Crippen LogP) is 1.32. The molecule has 0 aliphatic carbocycles. The van der Waals surface area contributed by atoms with Crippen molar-refractivity contribution >= 4 is 17.2 Å². The lowest BCUT2D eigenvalue weighted by atomic mass is 10.2. The van der Waals surface area contributed by atoms with Crippen LogP contribution in [-0.2, 0) is 0 Å². The van der Waals surface area contributed by atoms with Crippen molar-refractivity contribution in [2.24, 2.45) is 0 Å². The molecule has 2 rings (SSSR count). The Labute approximate surface area is 102 Å². The van der Waals surface area contributed by atoms with E-state index in [1.807, 2.05) is 12.3 Å². The Morgan fingerprint density at radius 1 is 1.59 bits per heavy atom. The zero-order chi connectivity index (χ0) is 12.3. The van der Waals surface area contributed by atoms with Crippen molar-refractivity contribution in [1.82, 2.24) is 15.3 Å². The molecule has 5 nitrogen and oxygen atoms in total. The van der Waals surface area contributed by atoms with Gasteiger partial charge in [-0.25, -0.2) is 4.98 Å². The molecule has 0 bridgehead atoms. The molecule has 88 valence electrons. The van der Waals surface area contributed by atoms with Crippen LogP contribution in [0.1, 0.15) is 28.3 Å². The molecule has 6 heteroatoms. The van der Waals surface area contributed by atoms with Crippen LogP contribution in [0.2, 0.25) is 0 Å². The van der Waals surface area contributed by atoms with E-state index in [1.165, 1.54) is 29.8 Å². The predicted molar refractivity (Wildman–Crippen MR) is 65.1 cm³/mol. The average molecular weight is 249 g/mol. The molecule has 0 fully saturated rings. The van der Waals surface area contributed by atoms with Gasteiger partial charge in [0.15, 0.2) is 5.43 Å². The number of carbonyl (C=O) groups is 1. The van der Waals surface area contributed by atoms with Gasteiger partial charge in [-0.15, -0.1) is 11.3 Å². The van der Waals surface area contributed by atoms with E-state index in [0.717, 1.165) is 5.01 Å². The van der Waals surface area contributed by atoms with Gasteiger partial charge in [0, 0.05) is 30.0 Å². The summed E-state index contributed by atoms with van der Waals surface area (Å²) in [4.78, 5) is 30.1. The Kier molecular flexibility index (Phi) is 3.34. The number of amides is 1. The molecule has 17 heavy (non-hydrogen) atoms. The molecule has 0 saturated heterocycles. The fourth-order valence-electron chi connectivity index (χ4n) is 1.38. The molecule has 2 aromatic rings. The van der Waals surface area contributed by atoms with E-state index in [4.69, 9.17) is 0 Å². The summed E-state index contributed by atoms with van der Waals surface area (Å²) in [5.74, 6) is -0.394. The number of rotatable bonds is 3. The summed E-state index contributed by atoms with van der Waals surface area (Å²) in [5.41, 5.74) is -0.191. The van der Waals surface area contributed by atoms with Crippen molar-refractivity contribution in [2.75, 3.05) is 0 Å². The molecular formula is C11H11N3O2S. The van der Waals surface area contributed by atoms with E-state index in [9.17, 15) is 9.59 Å². The van der Waals surface area contributed by atoms with Crippen molar-refractivity contribution < 1.29 is 4.79 Å². The molecule has 0 aliphatic heterocycles. The fourth-order valence-corrected chi connectivity index (χ4v) is 2.02. The van der Waals surface area contributed by atoms with Crippen LogP contribution >= 0.6 is 11.3 Å². The highest BCUT2D eigenvalue weighted by molar-refractivity contribution is 7.09. The Balaban J connectivity index is 2.13. The molecule has 1 amide bonds. The third-order valence-corrected chi connectivity index (χ3v) is 3.20. The van der Waals surface area contributed by atoms with Crippen LogP contribution in [-0.4, -0.2) is 15.9 Å². The van der Waals surface area contributed by atoms with Crippen LogP contribution in [0.4, 0.5) is 0 Å². The van der Waals surface area contributed by atoms with Crippen LogP contribution in [0.25, 0.3) is 0 Å². The molecule has 1 atom stereocenters. The van der Waals surface area contributed by atoms with E-state index in [2.05, 4.69) is 15.3 Å². The number of H-pyrrole nitrogens is 1. The Hall–Kier alpha value is -1.95. The van der Waals surface area contributed by atoms with Gasteiger partial charge in [-0.05, 0) is 6.92 Å². The number of hydrogen-bond acceptors (Lipinski definition) is 4. The normalized spacial score (nSPS) is 12.1. The number of nitrogens with one attached hydrogen (secondary N) is 2. The van der Waals surface area contributed by atoms with Gasteiger partial charge in [-0.1, -0.05) is 0 Å². The van der Waals surface area contributed by atoms with E-state index in [1.54, 1.807) is 6.20 Å². The van der Waals surface area contributed by atoms with E-state index >= 15 is 0 Å². The smallest absolute Gasteiger partial charge is 0.257 e. The van der Waals surface area contributed by atoms with Gasteiger partial charge in [-0.2, -0.15) is 0 Å². The highest BCUT2D eigenvalue weighted by atomic mass is 32.1. The summed E-state index contributed by atoms with van der Waals surface area (Å²) in [5, 5.41) is 5.38. The Bertz CT molecular complexity index is 562. The van der Waals surface area contributed by atoms with Crippen LogP contribution in [0.3, 0.4) is 0 Å². The third-order valence-electron chi connectivity index (χ3n) is 2.24. The van der Waals surface area contributed by atoms with E-state index < -0.39 is 5.91 Å². The maximum Gasteiger partial charge on any atom is 0.257 e. The average Bonchev–Trinajstić information content (AvgIpc) is 2.82. The van der Waals surface area contributed by atoms with Gasteiger partial charge in [0.25, 0.3) is 5.91 Å². The number of carbonyl (C=O) groups excluding carboxylic acids is 1. The first kappa shape index (κ1) is 11.5. The van der Waals surface area contributed by atoms with Gasteiger partial charge < -0.3 is 10.3 Å². The van der Waals surface area contributed by atoms with Crippen LogP contribution < -0.4 is 10.7 Å². The minimum absolute atomic E-state index is 0.107. The number of aromatic amines is 1. The molecule has 2 aromatic heterocycles. The monoisotopic (exact) mass is 249 g/mol. The number of thiazole rings is 1. The van der Waals surface area contributed by atoms with Crippen molar-refractivity contribution in [1.29, 1.82) is 0 Å². The van der Waals surface area contributed by atoms with E-state index in [-0.39, 0.29) is 17.0 Å². The zero-order valence-corrected chi connectivity index (χ0v) is 9.95. The summed E-state index contributed by atoms with van der Waals surface area (Å²) in [7, 11) is 0. The molecule has 2 heterocycles. The number of aromatic nitrogens is 2. The molecule has 0 spiro atoms. The first-order valence-corrected chi connectivity index (χ1v) is 5.94. The lowest BCUT2D eigenvalue weighted by Crippen LogP contribution is -2.30. The number of pyridine rings is 1. The summed E-state index contributed by atoms with van der Waals surface area (Å²) in [6.45, 7) is 1.83. The SMILES string of the molecule is CC(NC(=O)c1c[nH]ccc1=O)c1nccs1. The van der Waals surface area contributed by atoms with Crippen LogP contribution in [0, 0.1) is 0 Å². The minimum Gasteiger partial charge on any atom is -0.367 e. The molecule has 2 N–H and O–H groups in total.